The van der Waals surface area contributed by atoms with Crippen LogP contribution in [0.2, 0.25) is 0 Å². The molecule has 0 N–H and O–H groups in total. The van der Waals surface area contributed by atoms with Crippen molar-refractivity contribution in [3.63, 3.8) is 0 Å². The van der Waals surface area contributed by atoms with Gasteiger partial charge in [0.1, 0.15) is 22.3 Å². The summed E-state index contributed by atoms with van der Waals surface area (Å²) in [6.07, 6.45) is 8.07. The van der Waals surface area contributed by atoms with Gasteiger partial charge in [-0.3, -0.25) is 4.48 Å². The van der Waals surface area contributed by atoms with Crippen LogP contribution in [0.3, 0.4) is 0 Å². The zero-order chi connectivity index (χ0) is 23.6. The number of benzene rings is 1. The van der Waals surface area contributed by atoms with Crippen LogP contribution in [0.4, 0.5) is 5.69 Å². The molecule has 2 aliphatic rings. The molecule has 8 heteroatoms. The first-order valence-electron chi connectivity index (χ1n) is 11.6. The second-order valence-electron chi connectivity index (χ2n) is 8.51. The Bertz CT molecular complexity index is 1090. The number of para-hydroxylation sites is 1. The van der Waals surface area contributed by atoms with E-state index in [1.165, 1.54) is 19.3 Å². The second-order valence-corrected chi connectivity index (χ2v) is 9.29. The van der Waals surface area contributed by atoms with Crippen LogP contribution in [-0.2, 0) is 9.47 Å². The first kappa shape index (κ1) is 23.4. The molecule has 4 rings (SSSR count). The molecule has 0 saturated heterocycles. The van der Waals surface area contributed by atoms with Gasteiger partial charge in [-0.1, -0.05) is 12.5 Å². The Kier molecular flexibility index (Phi) is 6.86. The zero-order valence-corrected chi connectivity index (χ0v) is 20.5. The highest BCUT2D eigenvalue weighted by molar-refractivity contribution is 7.08. The number of rotatable bonds is 7. The third kappa shape index (κ3) is 4.06. The number of hydrogen-bond acceptors (Lipinski definition) is 7. The highest BCUT2D eigenvalue weighted by Crippen LogP contribution is 2.51. The fraction of sp³-hybridized carbons (Fsp3) is 0.480. The predicted octanol–water partition coefficient (Wildman–Crippen LogP) is 5.18. The molecule has 33 heavy (non-hydrogen) atoms. The number of hydrogen-bond donors (Lipinski definition) is 0. The molecule has 1 unspecified atom stereocenters. The van der Waals surface area contributed by atoms with Gasteiger partial charge in [-0.25, -0.2) is 9.59 Å². The minimum atomic E-state index is -0.562. The van der Waals surface area contributed by atoms with Crippen LogP contribution in [0, 0.1) is 0 Å². The number of esters is 2. The lowest BCUT2D eigenvalue weighted by atomic mass is 9.92. The van der Waals surface area contributed by atoms with E-state index in [9.17, 15) is 9.59 Å². The molecule has 1 aliphatic heterocycles. The van der Waals surface area contributed by atoms with Crippen LogP contribution >= 0.6 is 11.5 Å². The number of aromatic nitrogens is 1. The average Bonchev–Trinajstić information content (AvgIpc) is 3.40. The molecule has 0 spiro atoms. The van der Waals surface area contributed by atoms with Gasteiger partial charge >= 0.3 is 11.9 Å². The molecule has 1 aromatic carbocycles. The molecular weight excluding hydrogens is 440 g/mol. The average molecular weight is 472 g/mol. The Morgan fingerprint density at radius 2 is 1.79 bits per heavy atom. The molecule has 0 bridgehead atoms. The lowest BCUT2D eigenvalue weighted by Gasteiger charge is -2.38. The van der Waals surface area contributed by atoms with Gasteiger partial charge in [-0.15, -0.1) is 0 Å². The van der Waals surface area contributed by atoms with Crippen molar-refractivity contribution in [2.75, 3.05) is 27.4 Å². The monoisotopic (exact) mass is 471 g/mol. The highest BCUT2D eigenvalue weighted by atomic mass is 32.1. The Balaban J connectivity index is 1.91. The Morgan fingerprint density at radius 1 is 1.09 bits per heavy atom. The summed E-state index contributed by atoms with van der Waals surface area (Å²) < 4.78 is 21.5. The third-order valence-corrected chi connectivity index (χ3v) is 7.44. The van der Waals surface area contributed by atoms with Crippen LogP contribution in [0.5, 0.6) is 5.75 Å². The van der Waals surface area contributed by atoms with Crippen molar-refractivity contribution in [2.24, 2.45) is 0 Å². The Labute approximate surface area is 198 Å². The second kappa shape index (κ2) is 9.65. The fourth-order valence-electron chi connectivity index (χ4n) is 5.10. The van der Waals surface area contributed by atoms with Gasteiger partial charge < -0.3 is 14.2 Å². The van der Waals surface area contributed by atoms with Crippen molar-refractivity contribution in [2.45, 2.75) is 52.0 Å². The summed E-state index contributed by atoms with van der Waals surface area (Å²) in [5, 5.41) is 0. The van der Waals surface area contributed by atoms with E-state index in [0.717, 1.165) is 46.9 Å². The molecule has 0 amide bonds. The minimum Gasteiger partial charge on any atom is -0.491 e. The van der Waals surface area contributed by atoms with Gasteiger partial charge in [0, 0.05) is 12.8 Å². The van der Waals surface area contributed by atoms with Crippen LogP contribution in [0.15, 0.2) is 24.4 Å². The molecule has 2 aromatic rings. The van der Waals surface area contributed by atoms with Crippen molar-refractivity contribution >= 4 is 34.7 Å². The largest absolute Gasteiger partial charge is 0.491 e. The summed E-state index contributed by atoms with van der Waals surface area (Å²) in [7, 11) is 3.89. The topological polar surface area (TPSA) is 74.7 Å². The summed E-state index contributed by atoms with van der Waals surface area (Å²) >= 11 is 0.981. The molecule has 1 atom stereocenters. The highest BCUT2D eigenvalue weighted by Gasteiger charge is 2.46. The molecule has 1 aliphatic carbocycles. The molecule has 7 nitrogen and oxygen atoms in total. The number of carbonyl (C=O) groups is 2. The van der Waals surface area contributed by atoms with E-state index in [2.05, 4.69) is 17.6 Å². The standard InChI is InChI=1S/C25H31N2O5S/c1-5-31-24(28)20-21(26-33-23(20)25(29)32-6-2)18-15-27(3,16-11-8-7-9-12-16)22-17(18)13-10-14-19(22)30-4/h10,13-16H,5-9,11-12H2,1-4H3/q+1. The summed E-state index contributed by atoms with van der Waals surface area (Å²) in [5.74, 6) is -0.308. The molecule has 176 valence electrons. The number of ether oxygens (including phenoxy) is 3. The van der Waals surface area contributed by atoms with Crippen LogP contribution in [-0.4, -0.2) is 49.7 Å². The summed E-state index contributed by atoms with van der Waals surface area (Å²) in [4.78, 5) is 25.8. The van der Waals surface area contributed by atoms with Crippen molar-refractivity contribution in [1.29, 1.82) is 0 Å². The fourth-order valence-corrected chi connectivity index (χ4v) is 5.88. The summed E-state index contributed by atoms with van der Waals surface area (Å²) in [5.41, 5.74) is 3.51. The maximum absolute atomic E-state index is 13.0. The number of nitrogens with zero attached hydrogens (tertiary/aromatic N) is 2. The molecule has 2 heterocycles. The lowest BCUT2D eigenvalue weighted by Crippen LogP contribution is -2.49. The van der Waals surface area contributed by atoms with Crippen molar-refractivity contribution in [3.05, 3.63) is 46.1 Å². The van der Waals surface area contributed by atoms with Gasteiger partial charge in [0.15, 0.2) is 11.4 Å². The van der Waals surface area contributed by atoms with Gasteiger partial charge in [0.05, 0.1) is 44.5 Å². The van der Waals surface area contributed by atoms with Crippen LogP contribution in [0.25, 0.3) is 5.57 Å². The zero-order valence-electron chi connectivity index (χ0n) is 19.7. The van der Waals surface area contributed by atoms with Crippen molar-refractivity contribution in [3.8, 4) is 5.75 Å². The van der Waals surface area contributed by atoms with Gasteiger partial charge in [0.2, 0.25) is 0 Å². The number of fused-ring (bicyclic) bond motifs is 1. The smallest absolute Gasteiger partial charge is 0.350 e. The normalized spacial score (nSPS) is 20.2. The van der Waals surface area contributed by atoms with Crippen LogP contribution in [0.1, 0.15) is 77.2 Å². The Morgan fingerprint density at radius 3 is 2.45 bits per heavy atom. The SMILES string of the molecule is CCOC(=O)c1snc(C2=C[N+](C)(C3CCCCC3)c3c(OC)cccc32)c1C(=O)OCC. The minimum absolute atomic E-state index is 0.175. The lowest BCUT2D eigenvalue weighted by molar-refractivity contribution is 0.0483. The summed E-state index contributed by atoms with van der Waals surface area (Å²) in [6.45, 7) is 3.90. The van der Waals surface area contributed by atoms with E-state index in [1.807, 2.05) is 18.2 Å². The van der Waals surface area contributed by atoms with Crippen molar-refractivity contribution in [1.82, 2.24) is 8.86 Å². The number of methoxy groups -OCH3 is 1. The van der Waals surface area contributed by atoms with E-state index < -0.39 is 11.9 Å². The van der Waals surface area contributed by atoms with E-state index in [0.29, 0.717) is 16.2 Å². The predicted molar refractivity (Wildman–Crippen MR) is 129 cm³/mol. The third-order valence-electron chi connectivity index (χ3n) is 6.61. The Hall–Kier alpha value is -2.71. The quantitative estimate of drug-likeness (QED) is 0.409. The van der Waals surface area contributed by atoms with Gasteiger partial charge in [0.25, 0.3) is 0 Å². The van der Waals surface area contributed by atoms with E-state index in [4.69, 9.17) is 14.2 Å². The number of carbonyl (C=O) groups excluding carboxylic acids is 2. The molecule has 1 fully saturated rings. The van der Waals surface area contributed by atoms with Gasteiger partial charge in [-0.05, 0) is 50.4 Å². The summed E-state index contributed by atoms with van der Waals surface area (Å²) in [6, 6.07) is 6.37. The molecule has 0 radical (unpaired) electrons. The van der Waals surface area contributed by atoms with Crippen molar-refractivity contribution < 1.29 is 23.8 Å². The first-order chi connectivity index (χ1) is 16.0. The van der Waals surface area contributed by atoms with Crippen LogP contribution < -0.4 is 9.22 Å². The maximum atomic E-state index is 13.0. The molecule has 1 saturated carbocycles. The van der Waals surface area contributed by atoms with E-state index >= 15 is 0 Å². The van der Waals surface area contributed by atoms with E-state index in [1.54, 1.807) is 21.0 Å². The number of quaternary nitrogens is 1. The molecule has 1 aromatic heterocycles. The molecular formula is C25H31N2O5S+. The van der Waals surface area contributed by atoms with E-state index in [-0.39, 0.29) is 23.7 Å². The maximum Gasteiger partial charge on any atom is 0.350 e. The van der Waals surface area contributed by atoms with Gasteiger partial charge in [-0.2, -0.15) is 4.37 Å². The first-order valence-corrected chi connectivity index (χ1v) is 12.3.